The molecule has 0 radical (unpaired) electrons. The summed E-state index contributed by atoms with van der Waals surface area (Å²) in [4.78, 5) is 12.3. The van der Waals surface area contributed by atoms with Crippen molar-refractivity contribution in [2.75, 3.05) is 27.3 Å². The Morgan fingerprint density at radius 3 is 2.52 bits per heavy atom. The zero-order valence-corrected chi connectivity index (χ0v) is 12.5. The minimum Gasteiger partial charge on any atom is -0.493 e. The average Bonchev–Trinajstić information content (AvgIpc) is 2.52. The van der Waals surface area contributed by atoms with Gasteiger partial charge in [-0.3, -0.25) is 0 Å². The molecule has 1 aromatic rings. The van der Waals surface area contributed by atoms with Gasteiger partial charge in [0.05, 0.1) is 14.2 Å². The molecule has 0 saturated carbocycles. The minimum atomic E-state index is -0.826. The molecule has 0 unspecified atom stereocenters. The molecule has 1 aromatic carbocycles. The molecule has 0 aliphatic carbocycles. The molecule has 1 fully saturated rings. The molecule has 1 aliphatic rings. The lowest BCUT2D eigenvalue weighted by Crippen LogP contribution is -2.44. The van der Waals surface area contributed by atoms with E-state index in [0.717, 1.165) is 36.4 Å². The summed E-state index contributed by atoms with van der Waals surface area (Å²) in [5.74, 6) is 1.44. The summed E-state index contributed by atoms with van der Waals surface area (Å²) in [5, 5.41) is 12.4. The van der Waals surface area contributed by atoms with Crippen LogP contribution in [0.3, 0.4) is 0 Å². The van der Waals surface area contributed by atoms with Crippen molar-refractivity contribution < 1.29 is 19.4 Å². The topological polar surface area (TPSA) is 71.0 Å². The lowest BCUT2D eigenvalue weighted by atomic mass is 10.0. The number of amides is 1. The smallest absolute Gasteiger partial charge is 0.407 e. The van der Waals surface area contributed by atoms with E-state index in [1.807, 2.05) is 18.2 Å². The van der Waals surface area contributed by atoms with Crippen LogP contribution in [0.1, 0.15) is 18.4 Å². The highest BCUT2D eigenvalue weighted by molar-refractivity contribution is 5.65. The van der Waals surface area contributed by atoms with Crippen molar-refractivity contribution in [2.24, 2.45) is 0 Å². The van der Waals surface area contributed by atoms with Crippen LogP contribution in [0.2, 0.25) is 0 Å². The Kier molecular flexibility index (Phi) is 5.27. The van der Waals surface area contributed by atoms with Crippen LogP contribution in [0.5, 0.6) is 11.5 Å². The number of rotatable bonds is 5. The van der Waals surface area contributed by atoms with Gasteiger partial charge in [0, 0.05) is 25.7 Å². The molecule has 0 spiro atoms. The zero-order chi connectivity index (χ0) is 15.2. The molecule has 0 aromatic heterocycles. The van der Waals surface area contributed by atoms with E-state index in [-0.39, 0.29) is 0 Å². The van der Waals surface area contributed by atoms with Gasteiger partial charge in [-0.25, -0.2) is 4.79 Å². The number of nitrogens with one attached hydrogen (secondary N) is 1. The summed E-state index contributed by atoms with van der Waals surface area (Å²) in [6, 6.07) is 6.20. The van der Waals surface area contributed by atoms with E-state index in [1.165, 1.54) is 4.90 Å². The number of benzene rings is 1. The first-order valence-electron chi connectivity index (χ1n) is 7.06. The Balaban J connectivity index is 1.85. The van der Waals surface area contributed by atoms with Gasteiger partial charge >= 0.3 is 6.09 Å². The van der Waals surface area contributed by atoms with E-state index in [9.17, 15) is 4.79 Å². The first-order chi connectivity index (χ1) is 10.1. The molecule has 116 valence electrons. The van der Waals surface area contributed by atoms with Crippen LogP contribution in [0.4, 0.5) is 4.79 Å². The summed E-state index contributed by atoms with van der Waals surface area (Å²) in [7, 11) is 3.24. The van der Waals surface area contributed by atoms with Crippen molar-refractivity contribution in [1.82, 2.24) is 10.2 Å². The number of methoxy groups -OCH3 is 2. The number of nitrogens with zero attached hydrogens (tertiary/aromatic N) is 1. The van der Waals surface area contributed by atoms with Crippen LogP contribution in [0, 0.1) is 0 Å². The van der Waals surface area contributed by atoms with Crippen molar-refractivity contribution in [1.29, 1.82) is 0 Å². The Morgan fingerprint density at radius 1 is 1.29 bits per heavy atom. The molecule has 21 heavy (non-hydrogen) atoms. The minimum absolute atomic E-state index is 0.355. The second-order valence-electron chi connectivity index (χ2n) is 5.11. The summed E-state index contributed by atoms with van der Waals surface area (Å²) < 4.78 is 10.5. The van der Waals surface area contributed by atoms with E-state index in [2.05, 4.69) is 5.32 Å². The molecule has 1 aliphatic heterocycles. The average molecular weight is 294 g/mol. The van der Waals surface area contributed by atoms with E-state index in [1.54, 1.807) is 14.2 Å². The fourth-order valence-electron chi connectivity index (χ4n) is 2.53. The van der Waals surface area contributed by atoms with Crippen LogP contribution in [-0.4, -0.2) is 49.5 Å². The highest BCUT2D eigenvalue weighted by Crippen LogP contribution is 2.27. The third-order valence-corrected chi connectivity index (χ3v) is 3.81. The molecule has 2 rings (SSSR count). The van der Waals surface area contributed by atoms with Crippen LogP contribution in [-0.2, 0) is 6.54 Å². The maximum Gasteiger partial charge on any atom is 0.407 e. The Morgan fingerprint density at radius 2 is 1.95 bits per heavy atom. The van der Waals surface area contributed by atoms with Crippen molar-refractivity contribution in [2.45, 2.75) is 25.4 Å². The summed E-state index contributed by atoms with van der Waals surface area (Å²) in [5.41, 5.74) is 1.12. The number of likely N-dealkylation sites (tertiary alicyclic amines) is 1. The zero-order valence-electron chi connectivity index (χ0n) is 12.5. The predicted octanol–water partition coefficient (Wildman–Crippen LogP) is 1.94. The van der Waals surface area contributed by atoms with E-state index >= 15 is 0 Å². The van der Waals surface area contributed by atoms with E-state index in [0.29, 0.717) is 19.1 Å². The first kappa shape index (κ1) is 15.4. The second kappa shape index (κ2) is 7.17. The molecular weight excluding hydrogens is 272 g/mol. The van der Waals surface area contributed by atoms with Crippen molar-refractivity contribution in [3.05, 3.63) is 23.8 Å². The number of piperidine rings is 1. The Bertz CT molecular complexity index is 485. The molecule has 1 heterocycles. The van der Waals surface area contributed by atoms with Crippen LogP contribution < -0.4 is 14.8 Å². The molecule has 1 saturated heterocycles. The van der Waals surface area contributed by atoms with Crippen molar-refractivity contribution in [3.63, 3.8) is 0 Å². The normalized spacial score (nSPS) is 15.8. The maximum atomic E-state index is 10.9. The van der Waals surface area contributed by atoms with Crippen molar-refractivity contribution in [3.8, 4) is 11.5 Å². The molecule has 6 heteroatoms. The summed E-state index contributed by atoms with van der Waals surface area (Å²) in [6.45, 7) is 1.93. The number of hydrogen-bond donors (Lipinski definition) is 2. The van der Waals surface area contributed by atoms with Gasteiger partial charge in [0.25, 0.3) is 0 Å². The van der Waals surface area contributed by atoms with Crippen molar-refractivity contribution >= 4 is 6.09 Å². The molecule has 6 nitrogen and oxygen atoms in total. The third kappa shape index (κ3) is 4.01. The second-order valence-corrected chi connectivity index (χ2v) is 5.11. The number of carboxylic acid groups (broad SMARTS) is 1. The standard InChI is InChI=1S/C15H22N2O4/c1-20-13-4-3-11(9-14(13)21-2)10-16-12-5-7-17(8-6-12)15(18)19/h3-4,9,12,16H,5-8,10H2,1-2H3,(H,18,19). The highest BCUT2D eigenvalue weighted by Gasteiger charge is 2.21. The monoisotopic (exact) mass is 294 g/mol. The molecular formula is C15H22N2O4. The number of ether oxygens (including phenoxy) is 2. The first-order valence-corrected chi connectivity index (χ1v) is 7.06. The van der Waals surface area contributed by atoms with Gasteiger partial charge in [0.1, 0.15) is 0 Å². The Labute approximate surface area is 124 Å². The quantitative estimate of drug-likeness (QED) is 0.868. The molecule has 0 atom stereocenters. The van der Waals surface area contributed by atoms with Gasteiger partial charge in [-0.15, -0.1) is 0 Å². The van der Waals surface area contributed by atoms with Gasteiger partial charge in [0.2, 0.25) is 0 Å². The summed E-state index contributed by atoms with van der Waals surface area (Å²) in [6.07, 6.45) is 0.868. The predicted molar refractivity (Wildman–Crippen MR) is 79.0 cm³/mol. The SMILES string of the molecule is COc1ccc(CNC2CCN(C(=O)O)CC2)cc1OC. The van der Waals surface area contributed by atoms with E-state index in [4.69, 9.17) is 14.6 Å². The molecule has 2 N–H and O–H groups in total. The third-order valence-electron chi connectivity index (χ3n) is 3.81. The summed E-state index contributed by atoms with van der Waals surface area (Å²) >= 11 is 0. The number of hydrogen-bond acceptors (Lipinski definition) is 4. The van der Waals surface area contributed by atoms with E-state index < -0.39 is 6.09 Å². The number of carbonyl (C=O) groups is 1. The van der Waals surface area contributed by atoms with Gasteiger partial charge in [0.15, 0.2) is 11.5 Å². The fraction of sp³-hybridized carbons (Fsp3) is 0.533. The highest BCUT2D eigenvalue weighted by atomic mass is 16.5. The molecule has 1 amide bonds. The van der Waals surface area contributed by atoms with Crippen LogP contribution >= 0.6 is 0 Å². The van der Waals surface area contributed by atoms with Crippen LogP contribution in [0.25, 0.3) is 0 Å². The fourth-order valence-corrected chi connectivity index (χ4v) is 2.53. The van der Waals surface area contributed by atoms with Gasteiger partial charge in [-0.1, -0.05) is 6.07 Å². The largest absolute Gasteiger partial charge is 0.493 e. The van der Waals surface area contributed by atoms with Crippen LogP contribution in [0.15, 0.2) is 18.2 Å². The van der Waals surface area contributed by atoms with Gasteiger partial charge < -0.3 is 24.8 Å². The maximum absolute atomic E-state index is 10.9. The Hall–Kier alpha value is -1.95. The lowest BCUT2D eigenvalue weighted by molar-refractivity contribution is 0.129. The lowest BCUT2D eigenvalue weighted by Gasteiger charge is -2.30. The molecule has 0 bridgehead atoms. The van der Waals surface area contributed by atoms with Gasteiger partial charge in [-0.2, -0.15) is 0 Å². The van der Waals surface area contributed by atoms with Gasteiger partial charge in [-0.05, 0) is 30.5 Å².